The second-order valence-corrected chi connectivity index (χ2v) is 7.88. The predicted octanol–water partition coefficient (Wildman–Crippen LogP) is 4.78. The number of carbonyl (C=O) groups is 1. The Bertz CT molecular complexity index is 951. The first kappa shape index (κ1) is 17.1. The molecule has 7 heteroatoms. The second-order valence-electron chi connectivity index (χ2n) is 6.50. The van der Waals surface area contributed by atoms with Crippen LogP contribution in [-0.2, 0) is 20.0 Å². The van der Waals surface area contributed by atoms with Crippen molar-refractivity contribution in [3.8, 4) is 10.6 Å². The highest BCUT2D eigenvalue weighted by Crippen LogP contribution is 2.34. The summed E-state index contributed by atoms with van der Waals surface area (Å²) in [7, 11) is 1.97. The van der Waals surface area contributed by atoms with Crippen molar-refractivity contribution < 1.29 is 4.79 Å². The lowest BCUT2D eigenvalue weighted by Crippen LogP contribution is -2.44. The van der Waals surface area contributed by atoms with E-state index < -0.39 is 0 Å². The van der Waals surface area contributed by atoms with Crippen molar-refractivity contribution in [2.75, 3.05) is 5.32 Å². The van der Waals surface area contributed by atoms with Gasteiger partial charge in [-0.2, -0.15) is 5.10 Å². The van der Waals surface area contributed by atoms with Crippen LogP contribution in [0.5, 0.6) is 0 Å². The van der Waals surface area contributed by atoms with Crippen molar-refractivity contribution in [3.05, 3.63) is 58.1 Å². The van der Waals surface area contributed by atoms with Crippen molar-refractivity contribution in [1.29, 1.82) is 0 Å². The van der Waals surface area contributed by atoms with Crippen LogP contribution >= 0.6 is 22.9 Å². The van der Waals surface area contributed by atoms with Crippen LogP contribution in [0.3, 0.4) is 0 Å². The van der Waals surface area contributed by atoms with E-state index in [1.54, 1.807) is 23.5 Å². The number of aryl methyl sites for hydroxylation is 1. The zero-order valence-corrected chi connectivity index (χ0v) is 16.1. The molecule has 0 saturated carbocycles. The number of amides is 2. The maximum absolute atomic E-state index is 12.9. The highest BCUT2D eigenvalue weighted by atomic mass is 35.5. The van der Waals surface area contributed by atoms with Gasteiger partial charge in [0, 0.05) is 35.8 Å². The van der Waals surface area contributed by atoms with E-state index in [9.17, 15) is 4.79 Å². The van der Waals surface area contributed by atoms with E-state index in [0.29, 0.717) is 17.3 Å². The van der Waals surface area contributed by atoms with E-state index in [0.717, 1.165) is 23.4 Å². The molecule has 2 aromatic heterocycles. The van der Waals surface area contributed by atoms with Gasteiger partial charge in [-0.25, -0.2) is 4.79 Å². The lowest BCUT2D eigenvalue weighted by molar-refractivity contribution is 0.182. The van der Waals surface area contributed by atoms with Crippen LogP contribution in [0, 0.1) is 0 Å². The third kappa shape index (κ3) is 3.10. The Balaban J connectivity index is 1.62. The molecular formula is C19H19ClN4OS. The number of nitrogens with one attached hydrogen (secondary N) is 1. The minimum absolute atomic E-state index is 0.0766. The molecule has 5 nitrogen and oxygen atoms in total. The second kappa shape index (κ2) is 6.78. The average Bonchev–Trinajstić information content (AvgIpc) is 3.20. The van der Waals surface area contributed by atoms with Crippen molar-refractivity contribution in [3.63, 3.8) is 0 Å². The molecular weight excluding hydrogens is 368 g/mol. The summed E-state index contributed by atoms with van der Waals surface area (Å²) in [6.45, 7) is 2.60. The van der Waals surface area contributed by atoms with Gasteiger partial charge in [0.15, 0.2) is 0 Å². The third-order valence-corrected chi connectivity index (χ3v) is 5.78. The molecule has 1 aliphatic heterocycles. The first-order chi connectivity index (χ1) is 12.5. The van der Waals surface area contributed by atoms with Gasteiger partial charge < -0.3 is 10.2 Å². The fraction of sp³-hybridized carbons (Fsp3) is 0.263. The van der Waals surface area contributed by atoms with Crippen molar-refractivity contribution in [2.24, 2.45) is 7.05 Å². The van der Waals surface area contributed by atoms with Gasteiger partial charge in [-0.05, 0) is 36.6 Å². The topological polar surface area (TPSA) is 50.2 Å². The SMILES string of the molecule is CC1Cc2nn(C)c(-c3cccs3)c2CN1C(=O)Nc1cccc(Cl)c1. The molecule has 3 aromatic rings. The van der Waals surface area contributed by atoms with Gasteiger partial charge >= 0.3 is 6.03 Å². The van der Waals surface area contributed by atoms with Crippen LogP contribution in [0.25, 0.3) is 10.6 Å². The van der Waals surface area contributed by atoms with Crippen LogP contribution in [0.1, 0.15) is 18.2 Å². The Morgan fingerprint density at radius 1 is 1.35 bits per heavy atom. The molecule has 134 valence electrons. The van der Waals surface area contributed by atoms with E-state index in [1.807, 2.05) is 34.8 Å². The number of anilines is 1. The number of hydrogen-bond acceptors (Lipinski definition) is 3. The van der Waals surface area contributed by atoms with Crippen LogP contribution in [-0.4, -0.2) is 26.8 Å². The molecule has 0 fully saturated rings. The molecule has 1 unspecified atom stereocenters. The lowest BCUT2D eigenvalue weighted by Gasteiger charge is -2.33. The smallest absolute Gasteiger partial charge is 0.317 e. The zero-order valence-electron chi connectivity index (χ0n) is 14.6. The number of hydrogen-bond donors (Lipinski definition) is 1. The van der Waals surface area contributed by atoms with Gasteiger partial charge in [-0.1, -0.05) is 23.7 Å². The Hall–Kier alpha value is -2.31. The van der Waals surface area contributed by atoms with Gasteiger partial charge in [0.05, 0.1) is 22.8 Å². The standard InChI is InChI=1S/C19H19ClN4OS/c1-12-9-16-15(18(23(2)22-16)17-7-4-8-26-17)11-24(12)19(25)21-14-6-3-5-13(20)10-14/h3-8,10,12H,9,11H2,1-2H3,(H,21,25). The van der Waals surface area contributed by atoms with Crippen molar-refractivity contribution >= 4 is 34.7 Å². The van der Waals surface area contributed by atoms with E-state index in [4.69, 9.17) is 16.7 Å². The van der Waals surface area contributed by atoms with Gasteiger partial charge in [0.25, 0.3) is 0 Å². The van der Waals surface area contributed by atoms with Gasteiger partial charge in [0.1, 0.15) is 0 Å². The predicted molar refractivity (Wildman–Crippen MR) is 106 cm³/mol. The highest BCUT2D eigenvalue weighted by Gasteiger charge is 2.32. The number of urea groups is 1. The van der Waals surface area contributed by atoms with Crippen LogP contribution in [0.15, 0.2) is 41.8 Å². The van der Waals surface area contributed by atoms with Gasteiger partial charge in [-0.15, -0.1) is 11.3 Å². The summed E-state index contributed by atoms with van der Waals surface area (Å²) in [6.07, 6.45) is 0.748. The fourth-order valence-electron chi connectivity index (χ4n) is 3.42. The molecule has 0 radical (unpaired) electrons. The lowest BCUT2D eigenvalue weighted by atomic mass is 9.99. The molecule has 26 heavy (non-hydrogen) atoms. The molecule has 1 N–H and O–H groups in total. The minimum atomic E-state index is -0.119. The van der Waals surface area contributed by atoms with E-state index >= 15 is 0 Å². The normalized spacial score (nSPS) is 16.4. The van der Waals surface area contributed by atoms with Crippen molar-refractivity contribution in [1.82, 2.24) is 14.7 Å². The minimum Gasteiger partial charge on any atom is -0.317 e. The summed E-state index contributed by atoms with van der Waals surface area (Å²) in [5, 5.41) is 10.3. The highest BCUT2D eigenvalue weighted by molar-refractivity contribution is 7.13. The van der Waals surface area contributed by atoms with Crippen LogP contribution in [0.4, 0.5) is 10.5 Å². The summed E-state index contributed by atoms with van der Waals surface area (Å²) in [5.41, 5.74) is 4.01. The summed E-state index contributed by atoms with van der Waals surface area (Å²) >= 11 is 7.70. The summed E-state index contributed by atoms with van der Waals surface area (Å²) < 4.78 is 1.93. The zero-order chi connectivity index (χ0) is 18.3. The largest absolute Gasteiger partial charge is 0.322 e. The Labute approximate surface area is 161 Å². The number of fused-ring (bicyclic) bond motifs is 1. The fourth-order valence-corrected chi connectivity index (χ4v) is 4.44. The number of rotatable bonds is 2. The van der Waals surface area contributed by atoms with E-state index in [-0.39, 0.29) is 12.1 Å². The Morgan fingerprint density at radius 3 is 2.92 bits per heavy atom. The molecule has 1 atom stereocenters. The number of thiophene rings is 1. The maximum Gasteiger partial charge on any atom is 0.322 e. The maximum atomic E-state index is 12.9. The molecule has 0 bridgehead atoms. The number of aromatic nitrogens is 2. The van der Waals surface area contributed by atoms with Crippen LogP contribution in [0.2, 0.25) is 5.02 Å². The monoisotopic (exact) mass is 386 g/mol. The summed E-state index contributed by atoms with van der Waals surface area (Å²) in [5.74, 6) is 0. The van der Waals surface area contributed by atoms with Crippen LogP contribution < -0.4 is 5.32 Å². The first-order valence-corrected chi connectivity index (χ1v) is 9.70. The summed E-state index contributed by atoms with van der Waals surface area (Å²) in [4.78, 5) is 15.9. The molecule has 4 rings (SSSR count). The third-order valence-electron chi connectivity index (χ3n) is 4.67. The number of halogens is 1. The number of carbonyl (C=O) groups excluding carboxylic acids is 1. The molecule has 3 heterocycles. The number of benzene rings is 1. The quantitative estimate of drug-likeness (QED) is 0.689. The molecule has 0 spiro atoms. The molecule has 1 aliphatic rings. The summed E-state index contributed by atoms with van der Waals surface area (Å²) in [6, 6.07) is 11.3. The number of nitrogens with zero attached hydrogens (tertiary/aromatic N) is 3. The molecule has 0 saturated heterocycles. The first-order valence-electron chi connectivity index (χ1n) is 8.44. The van der Waals surface area contributed by atoms with Crippen molar-refractivity contribution in [2.45, 2.75) is 25.9 Å². The van der Waals surface area contributed by atoms with E-state index in [1.165, 1.54) is 4.88 Å². The van der Waals surface area contributed by atoms with Gasteiger partial charge in [0.2, 0.25) is 0 Å². The Morgan fingerprint density at radius 2 is 2.19 bits per heavy atom. The average molecular weight is 387 g/mol. The molecule has 2 amide bonds. The van der Waals surface area contributed by atoms with E-state index in [2.05, 4.69) is 23.7 Å². The molecule has 1 aromatic carbocycles. The van der Waals surface area contributed by atoms with Gasteiger partial charge in [-0.3, -0.25) is 4.68 Å². The Kier molecular flexibility index (Phi) is 4.46. The molecule has 0 aliphatic carbocycles.